The van der Waals surface area contributed by atoms with E-state index in [0.717, 1.165) is 32.8 Å². The van der Waals surface area contributed by atoms with E-state index in [1.807, 2.05) is 43.0 Å². The zero-order valence-electron chi connectivity index (χ0n) is 13.3. The Morgan fingerprint density at radius 1 is 0.864 bits per heavy atom. The quantitative estimate of drug-likeness (QED) is 0.541. The molecule has 4 nitrogen and oxygen atoms in total. The van der Waals surface area contributed by atoms with Crippen molar-refractivity contribution in [3.8, 4) is 0 Å². The molecule has 0 saturated heterocycles. The van der Waals surface area contributed by atoms with Gasteiger partial charge < -0.3 is 9.80 Å². The van der Waals surface area contributed by atoms with Gasteiger partial charge in [-0.3, -0.25) is 0 Å². The van der Waals surface area contributed by atoms with Crippen LogP contribution in [0.15, 0.2) is 81.7 Å². The number of hydrogen-bond acceptors (Lipinski definition) is 2. The fraction of sp³-hybridized carbons (Fsp3) is 0.278. The summed E-state index contributed by atoms with van der Waals surface area (Å²) < 4.78 is 4.13. The molecule has 0 N–H and O–H groups in total. The summed E-state index contributed by atoms with van der Waals surface area (Å²) in [5.41, 5.74) is 0. The van der Waals surface area contributed by atoms with E-state index >= 15 is 0 Å². The molecule has 4 heteroatoms. The second-order valence-corrected chi connectivity index (χ2v) is 4.94. The zero-order valence-corrected chi connectivity index (χ0v) is 13.3. The average Bonchev–Trinajstić information content (AvgIpc) is 3.12. The summed E-state index contributed by atoms with van der Waals surface area (Å²) in [6.45, 7) is 19.2. The molecule has 2 rings (SSSR count). The number of allylic oxidation sites excluding steroid dienone is 2. The molecule has 1 aliphatic rings. The van der Waals surface area contributed by atoms with Crippen LogP contribution in [-0.2, 0) is 13.1 Å². The van der Waals surface area contributed by atoms with Crippen molar-refractivity contribution in [2.24, 2.45) is 0 Å². The highest BCUT2D eigenvalue weighted by atomic mass is 15.3. The standard InChI is InChI=1S/C9H14N2.C9H13N2/c2*1-3-5-10-7-8-11(9-10)6-4-2/h3-4,7-8H,1-2,5-6,9H2;3-4,7-9H,1-2,5-6H2/q;+1. The first kappa shape index (κ1) is 17.6. The molecule has 1 aromatic rings. The van der Waals surface area contributed by atoms with Crippen LogP contribution in [0, 0.1) is 0 Å². The molecule has 0 aliphatic carbocycles. The van der Waals surface area contributed by atoms with Crippen LogP contribution in [-0.4, -0.2) is 34.1 Å². The smallest absolute Gasteiger partial charge is 0.244 e. The van der Waals surface area contributed by atoms with Gasteiger partial charge in [0.1, 0.15) is 25.5 Å². The summed E-state index contributed by atoms with van der Waals surface area (Å²) in [6.07, 6.45) is 17.8. The Morgan fingerprint density at radius 3 is 1.95 bits per heavy atom. The fourth-order valence-electron chi connectivity index (χ4n) is 2.04. The van der Waals surface area contributed by atoms with Crippen LogP contribution in [0.3, 0.4) is 0 Å². The van der Waals surface area contributed by atoms with Crippen molar-refractivity contribution >= 4 is 0 Å². The Kier molecular flexibility index (Phi) is 8.20. The minimum Gasteiger partial charge on any atom is -0.355 e. The highest BCUT2D eigenvalue weighted by Gasteiger charge is 2.07. The molecule has 1 aliphatic heterocycles. The maximum Gasteiger partial charge on any atom is 0.244 e. The van der Waals surface area contributed by atoms with Crippen LogP contribution in [0.2, 0.25) is 0 Å². The maximum absolute atomic E-state index is 3.68. The first-order chi connectivity index (χ1) is 10.7. The molecule has 22 heavy (non-hydrogen) atoms. The summed E-state index contributed by atoms with van der Waals surface area (Å²) >= 11 is 0. The van der Waals surface area contributed by atoms with E-state index in [0.29, 0.717) is 0 Å². The molecule has 2 heterocycles. The molecule has 0 amide bonds. The highest BCUT2D eigenvalue weighted by Crippen LogP contribution is 2.04. The molecule has 0 atom stereocenters. The van der Waals surface area contributed by atoms with Crippen molar-refractivity contribution in [1.82, 2.24) is 14.4 Å². The lowest BCUT2D eigenvalue weighted by atomic mass is 10.5. The predicted molar refractivity (Wildman–Crippen MR) is 92.8 cm³/mol. The van der Waals surface area contributed by atoms with Gasteiger partial charge in [-0.2, -0.15) is 0 Å². The molecule has 0 fully saturated rings. The fourth-order valence-corrected chi connectivity index (χ4v) is 2.04. The molecule has 0 aromatic carbocycles. The molecular weight excluding hydrogens is 272 g/mol. The van der Waals surface area contributed by atoms with Crippen molar-refractivity contribution in [1.29, 1.82) is 0 Å². The molecule has 0 unspecified atom stereocenters. The Labute approximate surface area is 134 Å². The summed E-state index contributed by atoms with van der Waals surface area (Å²) in [7, 11) is 0. The lowest BCUT2D eigenvalue weighted by molar-refractivity contribution is -0.686. The van der Waals surface area contributed by atoms with Crippen LogP contribution in [0.1, 0.15) is 0 Å². The average molecular weight is 299 g/mol. The Bertz CT molecular complexity index is 470. The first-order valence-electron chi connectivity index (χ1n) is 7.38. The largest absolute Gasteiger partial charge is 0.355 e. The van der Waals surface area contributed by atoms with E-state index in [2.05, 4.69) is 57.6 Å². The van der Waals surface area contributed by atoms with Gasteiger partial charge in [-0.05, 0) is 0 Å². The van der Waals surface area contributed by atoms with Crippen molar-refractivity contribution in [3.05, 3.63) is 81.7 Å². The molecule has 0 saturated carbocycles. The van der Waals surface area contributed by atoms with Crippen molar-refractivity contribution in [3.63, 3.8) is 0 Å². The van der Waals surface area contributed by atoms with Gasteiger partial charge in [-0.1, -0.05) is 37.5 Å². The zero-order chi connectivity index (χ0) is 16.2. The monoisotopic (exact) mass is 299 g/mol. The molecule has 0 spiro atoms. The van der Waals surface area contributed by atoms with Crippen LogP contribution < -0.4 is 4.57 Å². The van der Waals surface area contributed by atoms with E-state index in [4.69, 9.17) is 0 Å². The minimum absolute atomic E-state index is 0.865. The molecule has 1 aromatic heterocycles. The van der Waals surface area contributed by atoms with Crippen molar-refractivity contribution in [2.45, 2.75) is 13.1 Å². The van der Waals surface area contributed by atoms with Crippen LogP contribution in [0.25, 0.3) is 0 Å². The molecular formula is C18H27N4+. The number of aromatic nitrogens is 2. The predicted octanol–water partition coefficient (Wildman–Crippen LogP) is 2.55. The van der Waals surface area contributed by atoms with E-state index in [-0.39, 0.29) is 0 Å². The summed E-state index contributed by atoms with van der Waals surface area (Å²) in [5.74, 6) is 0. The third kappa shape index (κ3) is 6.31. The van der Waals surface area contributed by atoms with Gasteiger partial charge in [0.05, 0.1) is 6.67 Å². The van der Waals surface area contributed by atoms with Gasteiger partial charge in [0.2, 0.25) is 6.33 Å². The van der Waals surface area contributed by atoms with Crippen LogP contribution in [0.4, 0.5) is 0 Å². The molecule has 0 bridgehead atoms. The van der Waals surface area contributed by atoms with Gasteiger partial charge in [0.15, 0.2) is 0 Å². The van der Waals surface area contributed by atoms with Gasteiger partial charge in [-0.25, -0.2) is 9.13 Å². The first-order valence-corrected chi connectivity index (χ1v) is 7.38. The van der Waals surface area contributed by atoms with Crippen LogP contribution in [0.5, 0.6) is 0 Å². The maximum atomic E-state index is 3.68. The lowest BCUT2D eigenvalue weighted by Gasteiger charge is -2.18. The Balaban J connectivity index is 0.000000220. The second-order valence-electron chi connectivity index (χ2n) is 4.94. The Hall–Kier alpha value is -2.49. The number of nitrogens with zero attached hydrogens (tertiary/aromatic N) is 4. The SMILES string of the molecule is C=CCN1C=CN(CC=C)C1.C=CCn1cc[n+](CC=C)c1. The number of imidazole rings is 1. The number of rotatable bonds is 8. The summed E-state index contributed by atoms with van der Waals surface area (Å²) in [4.78, 5) is 4.38. The topological polar surface area (TPSA) is 15.3 Å². The second kappa shape index (κ2) is 10.3. The van der Waals surface area contributed by atoms with Crippen LogP contribution >= 0.6 is 0 Å². The van der Waals surface area contributed by atoms with Gasteiger partial charge in [0.25, 0.3) is 0 Å². The lowest BCUT2D eigenvalue weighted by Crippen LogP contribution is -2.29. The number of hydrogen-bond donors (Lipinski definition) is 0. The summed E-state index contributed by atoms with van der Waals surface area (Å²) in [5, 5.41) is 0. The molecule has 118 valence electrons. The minimum atomic E-state index is 0.865. The Morgan fingerprint density at radius 2 is 1.45 bits per heavy atom. The third-order valence-electron chi connectivity index (χ3n) is 3.00. The normalized spacial score (nSPS) is 12.5. The van der Waals surface area contributed by atoms with E-state index in [1.54, 1.807) is 0 Å². The van der Waals surface area contributed by atoms with Crippen molar-refractivity contribution < 1.29 is 4.57 Å². The van der Waals surface area contributed by atoms with Gasteiger partial charge in [-0.15, -0.1) is 13.2 Å². The van der Waals surface area contributed by atoms with E-state index in [1.165, 1.54) is 0 Å². The van der Waals surface area contributed by atoms with E-state index in [9.17, 15) is 0 Å². The van der Waals surface area contributed by atoms with E-state index < -0.39 is 0 Å². The van der Waals surface area contributed by atoms with Gasteiger partial charge >= 0.3 is 0 Å². The highest BCUT2D eigenvalue weighted by molar-refractivity contribution is 4.95. The molecule has 0 radical (unpaired) electrons. The summed E-state index contributed by atoms with van der Waals surface area (Å²) in [6, 6.07) is 0. The third-order valence-corrected chi connectivity index (χ3v) is 3.00. The van der Waals surface area contributed by atoms with Crippen molar-refractivity contribution in [2.75, 3.05) is 19.8 Å². The van der Waals surface area contributed by atoms with Gasteiger partial charge in [0, 0.05) is 25.5 Å².